The topological polar surface area (TPSA) is 77.5 Å². The van der Waals surface area contributed by atoms with Crippen LogP contribution in [-0.2, 0) is 20.0 Å². The maximum absolute atomic E-state index is 5.35. The highest BCUT2D eigenvalue weighted by atomic mass is 32.1. The van der Waals surface area contributed by atoms with Crippen LogP contribution >= 0.6 is 12.2 Å². The minimum absolute atomic E-state index is 0.618. The highest BCUT2D eigenvalue weighted by Crippen LogP contribution is 2.17. The van der Waals surface area contributed by atoms with Crippen LogP contribution in [0.1, 0.15) is 17.4 Å². The molecular formula is C11H14N6OS. The zero-order chi connectivity index (χ0) is 13.6. The Morgan fingerprint density at radius 2 is 2.16 bits per heavy atom. The van der Waals surface area contributed by atoms with Gasteiger partial charge >= 0.3 is 0 Å². The van der Waals surface area contributed by atoms with E-state index in [0.29, 0.717) is 29.5 Å². The van der Waals surface area contributed by atoms with Gasteiger partial charge in [0.25, 0.3) is 0 Å². The Morgan fingerprint density at radius 3 is 2.84 bits per heavy atom. The van der Waals surface area contributed by atoms with Crippen molar-refractivity contribution in [1.82, 2.24) is 29.5 Å². The molecule has 7 nitrogen and oxygen atoms in total. The van der Waals surface area contributed by atoms with Crippen LogP contribution in [0.2, 0.25) is 0 Å². The molecule has 0 saturated heterocycles. The molecule has 0 radical (unpaired) electrons. The summed E-state index contributed by atoms with van der Waals surface area (Å²) in [4.78, 5) is 7.38. The van der Waals surface area contributed by atoms with E-state index in [2.05, 4.69) is 20.2 Å². The minimum atomic E-state index is 0.618. The molecule has 0 fully saturated rings. The van der Waals surface area contributed by atoms with Crippen LogP contribution in [0, 0.1) is 18.6 Å². The number of aryl methyl sites for hydroxylation is 5. The maximum Gasteiger partial charge on any atom is 0.228 e. The summed E-state index contributed by atoms with van der Waals surface area (Å²) in [6.07, 6.45) is 0.645. The van der Waals surface area contributed by atoms with E-state index >= 15 is 0 Å². The quantitative estimate of drug-likeness (QED) is 0.737. The molecule has 3 rings (SSSR count). The first kappa shape index (κ1) is 12.1. The third-order valence-electron chi connectivity index (χ3n) is 3.04. The standard InChI is InChI=1S/C11H14N6OS/c1-6-9-10(16(3)14-6)17(11(19)13-9)5-4-8-12-7(2)15-18-8/h4-5H2,1-3H3,(H,13,19). The van der Waals surface area contributed by atoms with E-state index in [1.165, 1.54) is 0 Å². The predicted octanol–water partition coefficient (Wildman–Crippen LogP) is 1.67. The molecule has 0 spiro atoms. The van der Waals surface area contributed by atoms with Gasteiger partial charge in [-0.25, -0.2) is 0 Å². The van der Waals surface area contributed by atoms with E-state index in [9.17, 15) is 0 Å². The Hall–Kier alpha value is -1.96. The molecule has 0 aliphatic heterocycles. The van der Waals surface area contributed by atoms with Gasteiger partial charge in [0.15, 0.2) is 16.2 Å². The smallest absolute Gasteiger partial charge is 0.228 e. The van der Waals surface area contributed by atoms with Crippen molar-refractivity contribution in [1.29, 1.82) is 0 Å². The molecule has 0 atom stereocenters. The van der Waals surface area contributed by atoms with Gasteiger partial charge in [-0.2, -0.15) is 10.1 Å². The molecule has 1 N–H and O–H groups in total. The molecule has 0 unspecified atom stereocenters. The molecule has 0 aromatic carbocycles. The first-order valence-electron chi connectivity index (χ1n) is 5.97. The van der Waals surface area contributed by atoms with E-state index in [1.54, 1.807) is 6.92 Å². The van der Waals surface area contributed by atoms with Crippen molar-refractivity contribution in [2.45, 2.75) is 26.8 Å². The largest absolute Gasteiger partial charge is 0.339 e. The van der Waals surface area contributed by atoms with Gasteiger partial charge in [-0.3, -0.25) is 4.68 Å². The normalized spacial score (nSPS) is 11.5. The number of rotatable bonds is 3. The third-order valence-corrected chi connectivity index (χ3v) is 3.37. The predicted molar refractivity (Wildman–Crippen MR) is 71.4 cm³/mol. The van der Waals surface area contributed by atoms with Crippen molar-refractivity contribution >= 4 is 23.4 Å². The molecule has 8 heteroatoms. The number of nitrogens with zero attached hydrogens (tertiary/aromatic N) is 5. The van der Waals surface area contributed by atoms with E-state index in [-0.39, 0.29) is 0 Å². The van der Waals surface area contributed by atoms with Crippen molar-refractivity contribution in [3.05, 3.63) is 22.2 Å². The molecule has 3 aromatic rings. The zero-order valence-corrected chi connectivity index (χ0v) is 11.8. The highest BCUT2D eigenvalue weighted by Gasteiger charge is 2.13. The van der Waals surface area contributed by atoms with Gasteiger partial charge in [0.05, 0.1) is 5.69 Å². The van der Waals surface area contributed by atoms with Gasteiger partial charge in [0, 0.05) is 20.0 Å². The summed E-state index contributed by atoms with van der Waals surface area (Å²) in [5, 5.41) is 8.15. The number of aromatic nitrogens is 6. The summed E-state index contributed by atoms with van der Waals surface area (Å²) in [5.41, 5.74) is 2.91. The number of aromatic amines is 1. The van der Waals surface area contributed by atoms with Crippen LogP contribution in [0.3, 0.4) is 0 Å². The molecule has 0 amide bonds. The van der Waals surface area contributed by atoms with E-state index in [4.69, 9.17) is 16.7 Å². The summed E-state index contributed by atoms with van der Waals surface area (Å²) in [5.74, 6) is 1.27. The Bertz CT molecular complexity index is 792. The summed E-state index contributed by atoms with van der Waals surface area (Å²) >= 11 is 5.35. The molecule has 3 heterocycles. The van der Waals surface area contributed by atoms with Gasteiger partial charge in [-0.15, -0.1) is 0 Å². The fraction of sp³-hybridized carbons (Fsp3) is 0.455. The first-order valence-corrected chi connectivity index (χ1v) is 6.38. The first-order chi connectivity index (χ1) is 9.06. The van der Waals surface area contributed by atoms with Crippen LogP contribution in [-0.4, -0.2) is 29.5 Å². The van der Waals surface area contributed by atoms with Gasteiger partial charge in [-0.1, -0.05) is 5.16 Å². The molecular weight excluding hydrogens is 264 g/mol. The Kier molecular flexibility index (Phi) is 2.74. The zero-order valence-electron chi connectivity index (χ0n) is 11.0. The maximum atomic E-state index is 5.35. The lowest BCUT2D eigenvalue weighted by atomic mass is 10.4. The molecule has 0 bridgehead atoms. The number of imidazole rings is 1. The van der Waals surface area contributed by atoms with Crippen molar-refractivity contribution in [3.63, 3.8) is 0 Å². The van der Waals surface area contributed by atoms with Crippen molar-refractivity contribution in [2.75, 3.05) is 0 Å². The van der Waals surface area contributed by atoms with Crippen molar-refractivity contribution in [3.8, 4) is 0 Å². The Morgan fingerprint density at radius 1 is 1.37 bits per heavy atom. The number of hydrogen-bond acceptors (Lipinski definition) is 5. The summed E-state index contributed by atoms with van der Waals surface area (Å²) in [7, 11) is 1.91. The highest BCUT2D eigenvalue weighted by molar-refractivity contribution is 7.71. The lowest BCUT2D eigenvalue weighted by Crippen LogP contribution is -2.05. The second-order valence-electron chi connectivity index (χ2n) is 4.47. The molecule has 0 aliphatic rings. The average Bonchev–Trinajstić information content (AvgIpc) is 2.97. The lowest BCUT2D eigenvalue weighted by molar-refractivity contribution is 0.368. The second-order valence-corrected chi connectivity index (χ2v) is 4.86. The van der Waals surface area contributed by atoms with Gasteiger partial charge in [0.2, 0.25) is 5.89 Å². The van der Waals surface area contributed by atoms with Gasteiger partial charge in [0.1, 0.15) is 5.52 Å². The van der Waals surface area contributed by atoms with Crippen LogP contribution in [0.5, 0.6) is 0 Å². The summed E-state index contributed by atoms with van der Waals surface area (Å²) < 4.78 is 9.63. The molecule has 3 aromatic heterocycles. The molecule has 0 saturated carbocycles. The molecule has 100 valence electrons. The second kappa shape index (κ2) is 4.30. The lowest BCUT2D eigenvalue weighted by Gasteiger charge is -2.02. The number of nitrogens with one attached hydrogen (secondary N) is 1. The number of H-pyrrole nitrogens is 1. The van der Waals surface area contributed by atoms with Crippen LogP contribution < -0.4 is 0 Å². The van der Waals surface area contributed by atoms with Crippen molar-refractivity contribution < 1.29 is 4.52 Å². The van der Waals surface area contributed by atoms with E-state index < -0.39 is 0 Å². The minimum Gasteiger partial charge on any atom is -0.339 e. The Balaban J connectivity index is 1.96. The van der Waals surface area contributed by atoms with Crippen LogP contribution in [0.25, 0.3) is 11.2 Å². The Labute approximate surface area is 114 Å². The molecule has 0 aliphatic carbocycles. The summed E-state index contributed by atoms with van der Waals surface area (Å²) in [6.45, 7) is 4.44. The number of fused-ring (bicyclic) bond motifs is 1. The van der Waals surface area contributed by atoms with Crippen LogP contribution in [0.15, 0.2) is 4.52 Å². The van der Waals surface area contributed by atoms with Gasteiger partial charge in [-0.05, 0) is 26.1 Å². The average molecular weight is 278 g/mol. The fourth-order valence-corrected chi connectivity index (χ4v) is 2.51. The van der Waals surface area contributed by atoms with E-state index in [0.717, 1.165) is 16.9 Å². The van der Waals surface area contributed by atoms with Crippen LogP contribution in [0.4, 0.5) is 0 Å². The fourth-order valence-electron chi connectivity index (χ4n) is 2.23. The van der Waals surface area contributed by atoms with Gasteiger partial charge < -0.3 is 14.1 Å². The van der Waals surface area contributed by atoms with E-state index in [1.807, 2.05) is 23.2 Å². The third kappa shape index (κ3) is 1.97. The molecule has 19 heavy (non-hydrogen) atoms. The summed E-state index contributed by atoms with van der Waals surface area (Å²) in [6, 6.07) is 0. The van der Waals surface area contributed by atoms with Crippen molar-refractivity contribution in [2.24, 2.45) is 7.05 Å². The SMILES string of the molecule is Cc1noc(CCn2c(=S)[nH]c3c(C)nn(C)c32)n1. The monoisotopic (exact) mass is 278 g/mol. The number of hydrogen-bond donors (Lipinski definition) is 1.